The van der Waals surface area contributed by atoms with E-state index in [4.69, 9.17) is 5.73 Å². The molecular formula is C9H21N3O. The summed E-state index contributed by atoms with van der Waals surface area (Å²) in [6, 6.07) is 0. The number of carbonyl (C=O) groups excluding carboxylic acids is 1. The van der Waals surface area contributed by atoms with E-state index < -0.39 is 0 Å². The Morgan fingerprint density at radius 2 is 2.00 bits per heavy atom. The van der Waals surface area contributed by atoms with Crippen molar-refractivity contribution in [2.75, 3.05) is 19.8 Å². The molecule has 0 radical (unpaired) electrons. The van der Waals surface area contributed by atoms with Crippen LogP contribution < -0.4 is 16.4 Å². The number of nitrogens with one attached hydrogen (secondary N) is 2. The van der Waals surface area contributed by atoms with Gasteiger partial charge in [-0.15, -0.1) is 0 Å². The summed E-state index contributed by atoms with van der Waals surface area (Å²) in [6.45, 7) is 6.15. The summed E-state index contributed by atoms with van der Waals surface area (Å²) >= 11 is 0. The maximum absolute atomic E-state index is 11.2. The summed E-state index contributed by atoms with van der Waals surface area (Å²) in [5.41, 5.74) is 5.19. The molecule has 1 amide bonds. The molecule has 1 saturated heterocycles. The fourth-order valence-corrected chi connectivity index (χ4v) is 1.33. The fourth-order valence-electron chi connectivity index (χ4n) is 1.33. The van der Waals surface area contributed by atoms with Crippen molar-refractivity contribution in [3.8, 4) is 0 Å². The first-order valence-electron chi connectivity index (χ1n) is 5.03. The molecule has 78 valence electrons. The van der Waals surface area contributed by atoms with E-state index in [-0.39, 0.29) is 18.5 Å². The molecule has 1 fully saturated rings. The summed E-state index contributed by atoms with van der Waals surface area (Å²) < 4.78 is 0. The van der Waals surface area contributed by atoms with E-state index in [0.717, 1.165) is 25.9 Å². The Balaban J connectivity index is 0.000000671. The molecule has 1 rings (SSSR count). The molecule has 13 heavy (non-hydrogen) atoms. The summed E-state index contributed by atoms with van der Waals surface area (Å²) in [5.74, 6) is 0.286. The van der Waals surface area contributed by atoms with Gasteiger partial charge in [-0.1, -0.05) is 13.8 Å². The second-order valence-electron chi connectivity index (χ2n) is 2.77. The van der Waals surface area contributed by atoms with Crippen molar-refractivity contribution in [3.05, 3.63) is 0 Å². The van der Waals surface area contributed by atoms with Gasteiger partial charge in [0.1, 0.15) is 0 Å². The zero-order valence-corrected chi connectivity index (χ0v) is 8.60. The molecule has 0 aromatic heterocycles. The molecule has 0 atom stereocenters. The Labute approximate surface area is 80.3 Å². The van der Waals surface area contributed by atoms with Crippen LogP contribution in [0.5, 0.6) is 0 Å². The number of rotatable bonds is 2. The third kappa shape index (κ3) is 4.85. The van der Waals surface area contributed by atoms with Crippen LogP contribution in [-0.4, -0.2) is 25.7 Å². The van der Waals surface area contributed by atoms with Gasteiger partial charge < -0.3 is 16.4 Å². The summed E-state index contributed by atoms with van der Waals surface area (Å²) in [4.78, 5) is 11.2. The lowest BCUT2D eigenvalue weighted by molar-refractivity contribution is -0.125. The molecule has 0 aromatic carbocycles. The van der Waals surface area contributed by atoms with Crippen molar-refractivity contribution in [3.63, 3.8) is 0 Å². The van der Waals surface area contributed by atoms with Gasteiger partial charge >= 0.3 is 0 Å². The van der Waals surface area contributed by atoms with E-state index in [1.807, 2.05) is 13.8 Å². The molecular weight excluding hydrogens is 166 g/mol. The first kappa shape index (κ1) is 12.4. The van der Waals surface area contributed by atoms with Crippen LogP contribution in [0.1, 0.15) is 26.7 Å². The van der Waals surface area contributed by atoms with Crippen molar-refractivity contribution in [2.24, 2.45) is 11.7 Å². The smallest absolute Gasteiger partial charge is 0.224 e. The van der Waals surface area contributed by atoms with Gasteiger partial charge in [-0.2, -0.15) is 0 Å². The number of nitrogens with two attached hydrogens (primary N) is 1. The van der Waals surface area contributed by atoms with Crippen LogP contribution in [0, 0.1) is 5.92 Å². The molecule has 1 heterocycles. The topological polar surface area (TPSA) is 67.1 Å². The predicted molar refractivity (Wildman–Crippen MR) is 54.1 cm³/mol. The molecule has 4 N–H and O–H groups in total. The van der Waals surface area contributed by atoms with Crippen LogP contribution in [0.4, 0.5) is 0 Å². The van der Waals surface area contributed by atoms with Gasteiger partial charge in [0.25, 0.3) is 0 Å². The number of piperidine rings is 1. The predicted octanol–water partition coefficient (Wildman–Crippen LogP) is 0.0446. The van der Waals surface area contributed by atoms with Crippen molar-refractivity contribution in [1.29, 1.82) is 0 Å². The van der Waals surface area contributed by atoms with Crippen molar-refractivity contribution in [2.45, 2.75) is 26.7 Å². The van der Waals surface area contributed by atoms with Crippen molar-refractivity contribution in [1.82, 2.24) is 10.6 Å². The molecule has 4 nitrogen and oxygen atoms in total. The van der Waals surface area contributed by atoms with Crippen LogP contribution in [0.3, 0.4) is 0 Å². The lowest BCUT2D eigenvalue weighted by atomic mass is 9.97. The minimum absolute atomic E-state index is 0.106. The minimum atomic E-state index is 0.106. The number of hydrogen-bond donors (Lipinski definition) is 3. The van der Waals surface area contributed by atoms with E-state index in [2.05, 4.69) is 10.6 Å². The summed E-state index contributed by atoms with van der Waals surface area (Å²) in [7, 11) is 0. The Hall–Kier alpha value is -0.610. The van der Waals surface area contributed by atoms with Crippen molar-refractivity contribution >= 4 is 5.91 Å². The van der Waals surface area contributed by atoms with Crippen LogP contribution in [0.25, 0.3) is 0 Å². The number of hydrogen-bond acceptors (Lipinski definition) is 3. The highest BCUT2D eigenvalue weighted by Crippen LogP contribution is 2.10. The average Bonchev–Trinajstić information content (AvgIpc) is 2.23. The molecule has 0 aliphatic carbocycles. The maximum atomic E-state index is 11.2. The van der Waals surface area contributed by atoms with Gasteiger partial charge in [-0.05, 0) is 25.9 Å². The fraction of sp³-hybridized carbons (Fsp3) is 0.889. The van der Waals surface area contributed by atoms with Gasteiger partial charge in [-0.25, -0.2) is 0 Å². The number of carbonyl (C=O) groups is 1. The lowest BCUT2D eigenvalue weighted by Gasteiger charge is -2.21. The largest absolute Gasteiger partial charge is 0.344 e. The van der Waals surface area contributed by atoms with E-state index in [1.54, 1.807) is 0 Å². The van der Waals surface area contributed by atoms with E-state index in [1.165, 1.54) is 0 Å². The van der Waals surface area contributed by atoms with Gasteiger partial charge in [0, 0.05) is 5.92 Å². The van der Waals surface area contributed by atoms with E-state index >= 15 is 0 Å². The van der Waals surface area contributed by atoms with E-state index in [9.17, 15) is 4.79 Å². The Bertz CT molecular complexity index is 133. The van der Waals surface area contributed by atoms with Crippen LogP contribution >= 0.6 is 0 Å². The third-order valence-corrected chi connectivity index (χ3v) is 1.99. The summed E-state index contributed by atoms with van der Waals surface area (Å²) in [6.07, 6.45) is 1.87. The van der Waals surface area contributed by atoms with E-state index in [0.29, 0.717) is 0 Å². The third-order valence-electron chi connectivity index (χ3n) is 1.99. The highest BCUT2D eigenvalue weighted by Gasteiger charge is 2.19. The normalized spacial score (nSPS) is 17.2. The monoisotopic (exact) mass is 187 g/mol. The quantitative estimate of drug-likeness (QED) is 0.535. The standard InChI is InChI=1S/C7H15N3O.C2H6/c8-5-10-7(11)6-1-3-9-4-2-6;1-2/h6,9H,1-5,8H2,(H,10,11);1-2H3. The second-order valence-corrected chi connectivity index (χ2v) is 2.77. The Morgan fingerprint density at radius 3 is 2.46 bits per heavy atom. The maximum Gasteiger partial charge on any atom is 0.224 e. The average molecular weight is 187 g/mol. The molecule has 1 aliphatic rings. The first-order valence-corrected chi connectivity index (χ1v) is 5.03. The summed E-state index contributed by atoms with van der Waals surface area (Å²) in [5, 5.41) is 5.83. The zero-order chi connectivity index (χ0) is 10.1. The van der Waals surface area contributed by atoms with Gasteiger partial charge in [-0.3, -0.25) is 4.79 Å². The van der Waals surface area contributed by atoms with Crippen LogP contribution in [0.2, 0.25) is 0 Å². The van der Waals surface area contributed by atoms with Gasteiger partial charge in [0.05, 0.1) is 6.67 Å². The highest BCUT2D eigenvalue weighted by molar-refractivity contribution is 5.78. The molecule has 4 heteroatoms. The lowest BCUT2D eigenvalue weighted by Crippen LogP contribution is -2.40. The van der Waals surface area contributed by atoms with Gasteiger partial charge in [0.2, 0.25) is 5.91 Å². The van der Waals surface area contributed by atoms with Crippen LogP contribution in [-0.2, 0) is 4.79 Å². The zero-order valence-electron chi connectivity index (χ0n) is 8.60. The molecule has 0 aromatic rings. The molecule has 0 bridgehead atoms. The first-order chi connectivity index (χ1) is 6.34. The second kappa shape index (κ2) is 8.01. The highest BCUT2D eigenvalue weighted by atomic mass is 16.1. The Morgan fingerprint density at radius 1 is 1.46 bits per heavy atom. The molecule has 0 unspecified atom stereocenters. The van der Waals surface area contributed by atoms with Crippen LogP contribution in [0.15, 0.2) is 0 Å². The number of amides is 1. The minimum Gasteiger partial charge on any atom is -0.344 e. The molecule has 1 aliphatic heterocycles. The van der Waals surface area contributed by atoms with Gasteiger partial charge in [0.15, 0.2) is 0 Å². The molecule has 0 saturated carbocycles. The Kier molecular flexibility index (Phi) is 7.63. The molecule has 0 spiro atoms. The van der Waals surface area contributed by atoms with Crippen molar-refractivity contribution < 1.29 is 4.79 Å². The SMILES string of the molecule is CC.NCNC(=O)C1CCNCC1.